The van der Waals surface area contributed by atoms with Gasteiger partial charge < -0.3 is 14.2 Å². The summed E-state index contributed by atoms with van der Waals surface area (Å²) in [5, 5.41) is 0. The van der Waals surface area contributed by atoms with Crippen molar-refractivity contribution in [1.82, 2.24) is 0 Å². The van der Waals surface area contributed by atoms with E-state index in [-0.39, 0.29) is 35.5 Å². The summed E-state index contributed by atoms with van der Waals surface area (Å²) in [5.74, 6) is -2.53. The number of halogens is 3. The van der Waals surface area contributed by atoms with Crippen LogP contribution in [0.2, 0.25) is 0 Å². The van der Waals surface area contributed by atoms with Gasteiger partial charge >= 0.3 is 0 Å². The first-order valence-corrected chi connectivity index (χ1v) is 10.2. The van der Waals surface area contributed by atoms with E-state index in [9.17, 15) is 13.2 Å². The van der Waals surface area contributed by atoms with Crippen LogP contribution in [0, 0.1) is 17.5 Å². The summed E-state index contributed by atoms with van der Waals surface area (Å²) < 4.78 is 60.6. The Morgan fingerprint density at radius 1 is 1.00 bits per heavy atom. The fourth-order valence-electron chi connectivity index (χ4n) is 3.52. The SMILES string of the molecule is CCCCOc1ccc(-c2ccc(C3CCC(OCC)OC3)c(F)c2F)c(F)c1. The Labute approximate surface area is 169 Å². The molecular formula is C23H27F3O3. The Hall–Kier alpha value is -2.05. The lowest BCUT2D eigenvalue weighted by Gasteiger charge is -2.29. The first-order chi connectivity index (χ1) is 14.0. The van der Waals surface area contributed by atoms with E-state index >= 15 is 0 Å². The highest BCUT2D eigenvalue weighted by Gasteiger charge is 2.27. The van der Waals surface area contributed by atoms with Gasteiger partial charge in [-0.15, -0.1) is 0 Å². The molecule has 0 radical (unpaired) electrons. The average molecular weight is 408 g/mol. The van der Waals surface area contributed by atoms with Crippen LogP contribution in [0.1, 0.15) is 51.0 Å². The summed E-state index contributed by atoms with van der Waals surface area (Å²) in [6.45, 7) is 5.21. The Kier molecular flexibility index (Phi) is 7.56. The van der Waals surface area contributed by atoms with Crippen molar-refractivity contribution in [3.63, 3.8) is 0 Å². The van der Waals surface area contributed by atoms with Gasteiger partial charge in [-0.1, -0.05) is 25.5 Å². The van der Waals surface area contributed by atoms with Crippen molar-refractivity contribution in [1.29, 1.82) is 0 Å². The topological polar surface area (TPSA) is 27.7 Å². The van der Waals surface area contributed by atoms with E-state index in [2.05, 4.69) is 0 Å². The molecule has 0 aromatic heterocycles. The van der Waals surface area contributed by atoms with Crippen molar-refractivity contribution in [3.8, 4) is 16.9 Å². The fraction of sp³-hybridized carbons (Fsp3) is 0.478. The third-order valence-corrected chi connectivity index (χ3v) is 5.14. The second kappa shape index (κ2) is 10.1. The molecule has 29 heavy (non-hydrogen) atoms. The van der Waals surface area contributed by atoms with Crippen molar-refractivity contribution in [2.24, 2.45) is 0 Å². The molecule has 3 nitrogen and oxygen atoms in total. The van der Waals surface area contributed by atoms with Crippen molar-refractivity contribution in [2.75, 3.05) is 19.8 Å². The van der Waals surface area contributed by atoms with Gasteiger partial charge in [-0.25, -0.2) is 13.2 Å². The first-order valence-electron chi connectivity index (χ1n) is 10.2. The first kappa shape index (κ1) is 21.7. The van der Waals surface area contributed by atoms with Crippen molar-refractivity contribution >= 4 is 0 Å². The van der Waals surface area contributed by atoms with Gasteiger partial charge in [0.2, 0.25) is 0 Å². The highest BCUT2D eigenvalue weighted by atomic mass is 19.2. The van der Waals surface area contributed by atoms with Gasteiger partial charge in [0, 0.05) is 29.7 Å². The van der Waals surface area contributed by atoms with Gasteiger partial charge in [0.05, 0.1) is 13.2 Å². The molecule has 2 aromatic carbocycles. The minimum atomic E-state index is -1.05. The lowest BCUT2D eigenvalue weighted by atomic mass is 9.90. The van der Waals surface area contributed by atoms with Gasteiger partial charge in [0.1, 0.15) is 11.6 Å². The molecule has 2 aromatic rings. The molecule has 1 aliphatic heterocycles. The minimum Gasteiger partial charge on any atom is -0.493 e. The molecule has 1 fully saturated rings. The molecule has 0 N–H and O–H groups in total. The van der Waals surface area contributed by atoms with E-state index in [1.165, 1.54) is 24.3 Å². The van der Waals surface area contributed by atoms with Gasteiger partial charge in [0.15, 0.2) is 17.9 Å². The van der Waals surface area contributed by atoms with Crippen LogP contribution in [0.15, 0.2) is 30.3 Å². The number of benzene rings is 2. The highest BCUT2D eigenvalue weighted by molar-refractivity contribution is 5.66. The standard InChI is InChI=1S/C23H27F3O3/c1-3-5-12-28-16-7-8-18(20(24)13-16)19-10-9-17(22(25)23(19)26)15-6-11-21(27-4-2)29-14-15/h7-10,13,15,21H,3-6,11-12,14H2,1-2H3. The van der Waals surface area contributed by atoms with E-state index in [0.717, 1.165) is 12.8 Å². The number of rotatable bonds is 8. The van der Waals surface area contributed by atoms with Crippen LogP contribution in [0.25, 0.3) is 11.1 Å². The molecule has 2 atom stereocenters. The molecule has 3 rings (SSSR count). The van der Waals surface area contributed by atoms with Crippen LogP contribution < -0.4 is 4.74 Å². The summed E-state index contributed by atoms with van der Waals surface area (Å²) in [6.07, 6.45) is 2.79. The Bertz CT molecular complexity index is 817. The maximum absolute atomic E-state index is 14.8. The third-order valence-electron chi connectivity index (χ3n) is 5.14. The monoisotopic (exact) mass is 408 g/mol. The van der Waals surface area contributed by atoms with Crippen molar-refractivity contribution in [3.05, 3.63) is 53.3 Å². The molecule has 2 unspecified atom stereocenters. The average Bonchev–Trinajstić information content (AvgIpc) is 2.72. The predicted octanol–water partition coefficient (Wildman–Crippen LogP) is 6.21. The number of unbranched alkanes of at least 4 members (excludes halogenated alkanes) is 1. The maximum Gasteiger partial charge on any atom is 0.167 e. The van der Waals surface area contributed by atoms with Gasteiger partial charge in [0.25, 0.3) is 0 Å². The van der Waals surface area contributed by atoms with Crippen LogP contribution in [-0.2, 0) is 9.47 Å². The zero-order valence-corrected chi connectivity index (χ0v) is 16.8. The summed E-state index contributed by atoms with van der Waals surface area (Å²) in [7, 11) is 0. The quantitative estimate of drug-likeness (QED) is 0.486. The molecule has 0 aliphatic carbocycles. The second-order valence-corrected chi connectivity index (χ2v) is 7.17. The zero-order valence-electron chi connectivity index (χ0n) is 16.8. The number of hydrogen-bond donors (Lipinski definition) is 0. The van der Waals surface area contributed by atoms with E-state index in [1.54, 1.807) is 6.07 Å². The maximum atomic E-state index is 14.8. The van der Waals surface area contributed by atoms with E-state index < -0.39 is 17.5 Å². The van der Waals surface area contributed by atoms with Crippen molar-refractivity contribution < 1.29 is 27.4 Å². The molecule has 1 saturated heterocycles. The molecule has 1 aliphatic rings. The zero-order chi connectivity index (χ0) is 20.8. The van der Waals surface area contributed by atoms with Gasteiger partial charge in [-0.3, -0.25) is 0 Å². The summed E-state index contributed by atoms with van der Waals surface area (Å²) >= 11 is 0. The third kappa shape index (κ3) is 5.11. The largest absolute Gasteiger partial charge is 0.493 e. The van der Waals surface area contributed by atoms with Crippen LogP contribution in [0.3, 0.4) is 0 Å². The number of ether oxygens (including phenoxy) is 3. The van der Waals surface area contributed by atoms with Crippen LogP contribution in [-0.4, -0.2) is 26.1 Å². The molecule has 0 amide bonds. The summed E-state index contributed by atoms with van der Waals surface area (Å²) in [5.41, 5.74) is 0.154. The van der Waals surface area contributed by atoms with E-state index in [1.807, 2.05) is 13.8 Å². The molecule has 158 valence electrons. The minimum absolute atomic E-state index is 0.00657. The fourth-order valence-corrected chi connectivity index (χ4v) is 3.52. The smallest absolute Gasteiger partial charge is 0.167 e. The van der Waals surface area contributed by atoms with Crippen LogP contribution in [0.5, 0.6) is 5.75 Å². The van der Waals surface area contributed by atoms with Crippen molar-refractivity contribution in [2.45, 2.75) is 51.7 Å². The molecule has 0 bridgehead atoms. The lowest BCUT2D eigenvalue weighted by Crippen LogP contribution is -2.27. The summed E-state index contributed by atoms with van der Waals surface area (Å²) in [4.78, 5) is 0. The Morgan fingerprint density at radius 3 is 2.45 bits per heavy atom. The Balaban J connectivity index is 1.77. The molecule has 0 saturated carbocycles. The van der Waals surface area contributed by atoms with Gasteiger partial charge in [-0.2, -0.15) is 0 Å². The van der Waals surface area contributed by atoms with Crippen LogP contribution >= 0.6 is 0 Å². The number of hydrogen-bond acceptors (Lipinski definition) is 3. The predicted molar refractivity (Wildman–Crippen MR) is 105 cm³/mol. The van der Waals surface area contributed by atoms with E-state index in [0.29, 0.717) is 31.8 Å². The summed E-state index contributed by atoms with van der Waals surface area (Å²) in [6, 6.07) is 7.15. The lowest BCUT2D eigenvalue weighted by molar-refractivity contribution is -0.164. The van der Waals surface area contributed by atoms with Crippen LogP contribution in [0.4, 0.5) is 13.2 Å². The van der Waals surface area contributed by atoms with Gasteiger partial charge in [-0.05, 0) is 43.9 Å². The molecule has 6 heteroatoms. The normalized spacial score (nSPS) is 19.3. The Morgan fingerprint density at radius 2 is 1.79 bits per heavy atom. The highest BCUT2D eigenvalue weighted by Crippen LogP contribution is 2.35. The molecule has 1 heterocycles. The molecular weight excluding hydrogens is 381 g/mol. The van der Waals surface area contributed by atoms with E-state index in [4.69, 9.17) is 14.2 Å². The molecule has 0 spiro atoms. The second-order valence-electron chi connectivity index (χ2n) is 7.17.